The third-order valence-electron chi connectivity index (χ3n) is 1.73. The molecule has 0 bridgehead atoms. The second kappa shape index (κ2) is 8.01. The van der Waals surface area contributed by atoms with E-state index in [0.29, 0.717) is 0 Å². The summed E-state index contributed by atoms with van der Waals surface area (Å²) in [7, 11) is -2.53. The fourth-order valence-corrected chi connectivity index (χ4v) is 1.35. The number of hydrogen-bond acceptors (Lipinski definition) is 8. The van der Waals surface area contributed by atoms with Crippen molar-refractivity contribution in [2.24, 2.45) is 0 Å². The van der Waals surface area contributed by atoms with Crippen molar-refractivity contribution in [3.63, 3.8) is 0 Å². The molecule has 0 rings (SSSR count). The van der Waals surface area contributed by atoms with Crippen molar-refractivity contribution < 1.29 is 31.7 Å². The molecule has 0 aromatic heterocycles. The van der Waals surface area contributed by atoms with Crippen molar-refractivity contribution >= 4 is 22.1 Å². The van der Waals surface area contributed by atoms with Gasteiger partial charge in [-0.05, 0) is 6.92 Å². The minimum absolute atomic E-state index is 0.212. The van der Waals surface area contributed by atoms with E-state index in [1.807, 2.05) is 0 Å². The largest absolute Gasteiger partial charge is 0.468 e. The van der Waals surface area contributed by atoms with Gasteiger partial charge in [-0.3, -0.25) is 19.1 Å². The molecule has 0 aliphatic carbocycles. The molecule has 106 valence electrons. The van der Waals surface area contributed by atoms with Crippen LogP contribution in [0.2, 0.25) is 0 Å². The maximum Gasteiger partial charge on any atom is 0.325 e. The lowest BCUT2D eigenvalue weighted by Gasteiger charge is -2.15. The zero-order chi connectivity index (χ0) is 14.2. The van der Waals surface area contributed by atoms with E-state index in [1.54, 1.807) is 6.92 Å². The molecule has 0 aromatic carbocycles. The fraction of sp³-hybridized carbons (Fsp3) is 0.778. The lowest BCUT2D eigenvalue weighted by atomic mass is 10.3. The van der Waals surface area contributed by atoms with Gasteiger partial charge in [-0.2, -0.15) is 8.42 Å². The Bertz CT molecular complexity index is 378. The van der Waals surface area contributed by atoms with Crippen LogP contribution in [-0.2, 0) is 33.4 Å². The van der Waals surface area contributed by atoms with Gasteiger partial charge in [0, 0.05) is 0 Å². The number of methoxy groups -OCH3 is 1. The molecule has 8 nitrogen and oxygen atoms in total. The summed E-state index contributed by atoms with van der Waals surface area (Å²) in [4.78, 5) is 22.4. The molecular formula is C9H17NO7S. The van der Waals surface area contributed by atoms with Crippen LogP contribution in [0.4, 0.5) is 0 Å². The predicted molar refractivity (Wildman–Crippen MR) is 61.2 cm³/mol. The third kappa shape index (κ3) is 7.98. The predicted octanol–water partition coefficient (Wildman–Crippen LogP) is -1.34. The minimum atomic E-state index is -3.67. The molecule has 0 heterocycles. The van der Waals surface area contributed by atoms with Crippen molar-refractivity contribution in [3.05, 3.63) is 0 Å². The Labute approximate surface area is 106 Å². The van der Waals surface area contributed by atoms with E-state index in [9.17, 15) is 18.0 Å². The van der Waals surface area contributed by atoms with Crippen LogP contribution in [0.1, 0.15) is 6.92 Å². The summed E-state index contributed by atoms with van der Waals surface area (Å²) in [6, 6.07) is -1.06. The SMILES string of the molecule is CCOC(=O)CNC(COS(C)(=O)=O)C(=O)OC. The Morgan fingerprint density at radius 3 is 2.39 bits per heavy atom. The van der Waals surface area contributed by atoms with Crippen molar-refractivity contribution in [2.45, 2.75) is 13.0 Å². The number of nitrogens with one attached hydrogen (secondary N) is 1. The zero-order valence-corrected chi connectivity index (χ0v) is 11.3. The van der Waals surface area contributed by atoms with E-state index in [1.165, 1.54) is 0 Å². The number of hydrogen-bond donors (Lipinski definition) is 1. The zero-order valence-electron chi connectivity index (χ0n) is 10.5. The quantitative estimate of drug-likeness (QED) is 0.430. The van der Waals surface area contributed by atoms with Gasteiger partial charge in [-0.25, -0.2) is 0 Å². The first-order chi connectivity index (χ1) is 8.30. The van der Waals surface area contributed by atoms with Gasteiger partial charge < -0.3 is 9.47 Å². The summed E-state index contributed by atoms with van der Waals surface area (Å²) < 4.78 is 35.1. The van der Waals surface area contributed by atoms with E-state index < -0.39 is 34.7 Å². The Balaban J connectivity index is 4.33. The van der Waals surface area contributed by atoms with E-state index >= 15 is 0 Å². The molecule has 0 radical (unpaired) electrons. The molecule has 1 unspecified atom stereocenters. The van der Waals surface area contributed by atoms with Gasteiger partial charge in [0.05, 0.1) is 33.1 Å². The average molecular weight is 283 g/mol. The first kappa shape index (κ1) is 16.8. The summed E-state index contributed by atoms with van der Waals surface area (Å²) in [5, 5.41) is 2.49. The first-order valence-corrected chi connectivity index (χ1v) is 6.93. The van der Waals surface area contributed by atoms with Crippen molar-refractivity contribution in [1.82, 2.24) is 5.32 Å². The molecule has 1 atom stereocenters. The summed E-state index contributed by atoms with van der Waals surface area (Å²) >= 11 is 0. The van der Waals surface area contributed by atoms with Crippen molar-refractivity contribution in [3.8, 4) is 0 Å². The van der Waals surface area contributed by atoms with Crippen LogP contribution in [-0.4, -0.2) is 59.5 Å². The molecule has 0 saturated carbocycles. The summed E-state index contributed by atoms with van der Waals surface area (Å²) in [6.45, 7) is 1.15. The molecule has 0 saturated heterocycles. The molecule has 9 heteroatoms. The van der Waals surface area contributed by atoms with Gasteiger partial charge in [0.25, 0.3) is 10.1 Å². The average Bonchev–Trinajstić information content (AvgIpc) is 2.27. The van der Waals surface area contributed by atoms with Crippen LogP contribution in [0.15, 0.2) is 0 Å². The smallest absolute Gasteiger partial charge is 0.325 e. The van der Waals surface area contributed by atoms with Gasteiger partial charge in [0.15, 0.2) is 0 Å². The monoisotopic (exact) mass is 283 g/mol. The fourth-order valence-electron chi connectivity index (χ4n) is 0.963. The normalized spacial score (nSPS) is 12.8. The second-order valence-electron chi connectivity index (χ2n) is 3.25. The van der Waals surface area contributed by atoms with Crippen LogP contribution in [0.25, 0.3) is 0 Å². The lowest BCUT2D eigenvalue weighted by Crippen LogP contribution is -2.44. The highest BCUT2D eigenvalue weighted by molar-refractivity contribution is 7.85. The number of esters is 2. The van der Waals surface area contributed by atoms with Crippen molar-refractivity contribution in [2.75, 3.05) is 33.1 Å². The van der Waals surface area contributed by atoms with Crippen molar-refractivity contribution in [1.29, 1.82) is 0 Å². The number of carbonyl (C=O) groups is 2. The number of carbonyl (C=O) groups excluding carboxylic acids is 2. The Morgan fingerprint density at radius 1 is 1.33 bits per heavy atom. The maximum atomic E-state index is 11.3. The molecule has 0 spiro atoms. The Morgan fingerprint density at radius 2 is 1.94 bits per heavy atom. The molecule has 0 fully saturated rings. The van der Waals surface area contributed by atoms with Gasteiger partial charge in [0.2, 0.25) is 0 Å². The topological polar surface area (TPSA) is 108 Å². The van der Waals surface area contributed by atoms with Crippen LogP contribution in [0.3, 0.4) is 0 Å². The Kier molecular flexibility index (Phi) is 7.48. The summed E-state index contributed by atoms with van der Waals surface area (Å²) in [5.41, 5.74) is 0. The summed E-state index contributed by atoms with van der Waals surface area (Å²) in [5.74, 6) is -1.30. The van der Waals surface area contributed by atoms with Gasteiger partial charge in [-0.1, -0.05) is 0 Å². The first-order valence-electron chi connectivity index (χ1n) is 5.11. The van der Waals surface area contributed by atoms with E-state index in [-0.39, 0.29) is 13.2 Å². The lowest BCUT2D eigenvalue weighted by molar-refractivity contribution is -0.145. The van der Waals surface area contributed by atoms with Crippen LogP contribution >= 0.6 is 0 Å². The number of rotatable bonds is 8. The second-order valence-corrected chi connectivity index (χ2v) is 4.89. The molecule has 0 aliphatic rings. The van der Waals surface area contributed by atoms with Crippen LogP contribution < -0.4 is 5.32 Å². The highest BCUT2D eigenvalue weighted by Crippen LogP contribution is 1.94. The standard InChI is InChI=1S/C9H17NO7S/c1-4-16-8(11)5-10-7(9(12)15-2)6-17-18(3,13)14/h7,10H,4-6H2,1-3H3. The van der Waals surface area contributed by atoms with Gasteiger partial charge >= 0.3 is 11.9 Å². The van der Waals surface area contributed by atoms with E-state index in [4.69, 9.17) is 0 Å². The van der Waals surface area contributed by atoms with Gasteiger partial charge in [-0.15, -0.1) is 0 Å². The molecule has 18 heavy (non-hydrogen) atoms. The molecule has 1 N–H and O–H groups in total. The molecule has 0 aromatic rings. The van der Waals surface area contributed by atoms with Crippen LogP contribution in [0, 0.1) is 0 Å². The highest BCUT2D eigenvalue weighted by Gasteiger charge is 2.22. The molecular weight excluding hydrogens is 266 g/mol. The molecule has 0 amide bonds. The number of ether oxygens (including phenoxy) is 2. The maximum absolute atomic E-state index is 11.3. The highest BCUT2D eigenvalue weighted by atomic mass is 32.2. The van der Waals surface area contributed by atoms with E-state index in [2.05, 4.69) is 19.0 Å². The minimum Gasteiger partial charge on any atom is -0.468 e. The van der Waals surface area contributed by atoms with Crippen LogP contribution in [0.5, 0.6) is 0 Å². The molecule has 0 aliphatic heterocycles. The summed E-state index contributed by atoms with van der Waals surface area (Å²) in [6.07, 6.45) is 0.854. The third-order valence-corrected chi connectivity index (χ3v) is 2.30. The van der Waals surface area contributed by atoms with Gasteiger partial charge in [0.1, 0.15) is 6.04 Å². The Hall–Kier alpha value is -1.19. The van der Waals surface area contributed by atoms with E-state index in [0.717, 1.165) is 13.4 Å².